The van der Waals surface area contributed by atoms with Crippen molar-refractivity contribution < 1.29 is 23.8 Å². The highest BCUT2D eigenvalue weighted by Crippen LogP contribution is 2.26. The quantitative estimate of drug-likeness (QED) is 0.606. The second-order valence-corrected chi connectivity index (χ2v) is 8.47. The van der Waals surface area contributed by atoms with Gasteiger partial charge in [0.05, 0.1) is 14.2 Å². The van der Waals surface area contributed by atoms with Crippen LogP contribution in [0.5, 0.6) is 17.2 Å². The maximum absolute atomic E-state index is 13.3. The Labute approximate surface area is 190 Å². The third-order valence-electron chi connectivity index (χ3n) is 4.82. The van der Waals surface area contributed by atoms with Crippen molar-refractivity contribution in [1.29, 1.82) is 0 Å². The van der Waals surface area contributed by atoms with E-state index in [1.807, 2.05) is 64.1 Å². The van der Waals surface area contributed by atoms with Crippen molar-refractivity contribution in [2.75, 3.05) is 20.8 Å². The summed E-state index contributed by atoms with van der Waals surface area (Å²) in [4.78, 5) is 27.9. The summed E-state index contributed by atoms with van der Waals surface area (Å²) >= 11 is 0. The summed E-state index contributed by atoms with van der Waals surface area (Å²) in [6, 6.07) is 13.9. The fraction of sp³-hybridized carbons (Fsp3) is 0.440. The molecule has 2 amide bonds. The molecule has 2 rings (SSSR count). The van der Waals surface area contributed by atoms with Crippen LogP contribution in [-0.2, 0) is 16.1 Å². The zero-order chi connectivity index (χ0) is 23.7. The molecule has 1 N–H and O–H groups in total. The molecule has 0 aromatic heterocycles. The molecule has 0 aliphatic heterocycles. The second-order valence-electron chi connectivity index (χ2n) is 8.47. The first-order chi connectivity index (χ1) is 15.2. The SMILES string of the molecule is CCC(C(=O)NC(C)(C)C)N(Cc1ccc(OC)cc1)C(=O)COc1ccccc1OC. The minimum atomic E-state index is -0.634. The molecule has 7 heteroatoms. The number of rotatable bonds is 10. The van der Waals surface area contributed by atoms with Gasteiger partial charge in [-0.1, -0.05) is 31.2 Å². The second kappa shape index (κ2) is 11.4. The Kier molecular flexibility index (Phi) is 8.93. The van der Waals surface area contributed by atoms with Crippen molar-refractivity contribution in [3.8, 4) is 17.2 Å². The van der Waals surface area contributed by atoms with Gasteiger partial charge in [-0.3, -0.25) is 9.59 Å². The van der Waals surface area contributed by atoms with Crippen molar-refractivity contribution in [2.45, 2.75) is 52.2 Å². The average Bonchev–Trinajstić information content (AvgIpc) is 2.76. The van der Waals surface area contributed by atoms with E-state index in [-0.39, 0.29) is 25.0 Å². The standard InChI is InChI=1S/C25H34N2O5/c1-7-20(24(29)26-25(2,3)4)27(16-18-12-14-19(30-5)15-13-18)23(28)17-32-22-11-9-8-10-21(22)31-6/h8-15,20H,7,16-17H2,1-6H3,(H,26,29). The smallest absolute Gasteiger partial charge is 0.261 e. The maximum atomic E-state index is 13.3. The lowest BCUT2D eigenvalue weighted by molar-refractivity contribution is -0.143. The molecular weight excluding hydrogens is 408 g/mol. The predicted octanol–water partition coefficient (Wildman–Crippen LogP) is 3.80. The van der Waals surface area contributed by atoms with Crippen LogP contribution < -0.4 is 19.5 Å². The summed E-state index contributed by atoms with van der Waals surface area (Å²) in [5, 5.41) is 2.99. The molecule has 0 aliphatic rings. The number of methoxy groups -OCH3 is 2. The van der Waals surface area contributed by atoms with E-state index in [9.17, 15) is 9.59 Å². The molecule has 32 heavy (non-hydrogen) atoms. The van der Waals surface area contributed by atoms with Gasteiger partial charge in [0, 0.05) is 12.1 Å². The van der Waals surface area contributed by atoms with E-state index in [2.05, 4.69) is 5.32 Å². The Morgan fingerprint density at radius 2 is 1.59 bits per heavy atom. The van der Waals surface area contributed by atoms with E-state index >= 15 is 0 Å². The molecule has 0 spiro atoms. The lowest BCUT2D eigenvalue weighted by atomic mass is 10.1. The van der Waals surface area contributed by atoms with Gasteiger partial charge >= 0.3 is 0 Å². The van der Waals surface area contributed by atoms with Crippen LogP contribution in [0.15, 0.2) is 48.5 Å². The molecule has 1 unspecified atom stereocenters. The number of para-hydroxylation sites is 2. The summed E-state index contributed by atoms with van der Waals surface area (Å²) in [5.74, 6) is 1.25. The number of hydrogen-bond acceptors (Lipinski definition) is 5. The van der Waals surface area contributed by atoms with Crippen molar-refractivity contribution in [1.82, 2.24) is 10.2 Å². The summed E-state index contributed by atoms with van der Waals surface area (Å²) in [7, 11) is 3.15. The van der Waals surface area contributed by atoms with E-state index < -0.39 is 11.6 Å². The van der Waals surface area contributed by atoms with Crippen LogP contribution in [0.25, 0.3) is 0 Å². The topological polar surface area (TPSA) is 77.1 Å². The number of nitrogens with one attached hydrogen (secondary N) is 1. The number of nitrogens with zero attached hydrogens (tertiary/aromatic N) is 1. The molecule has 174 valence electrons. The van der Waals surface area contributed by atoms with Crippen LogP contribution >= 0.6 is 0 Å². The molecular formula is C25H34N2O5. The summed E-state index contributed by atoms with van der Waals surface area (Å²) < 4.78 is 16.3. The average molecular weight is 443 g/mol. The maximum Gasteiger partial charge on any atom is 0.261 e. The number of carbonyl (C=O) groups is 2. The zero-order valence-electron chi connectivity index (χ0n) is 19.8. The first kappa shape index (κ1) is 25.0. The highest BCUT2D eigenvalue weighted by atomic mass is 16.5. The molecule has 0 bridgehead atoms. The molecule has 1 atom stereocenters. The number of carbonyl (C=O) groups excluding carboxylic acids is 2. The van der Waals surface area contributed by atoms with Gasteiger partial charge < -0.3 is 24.4 Å². The van der Waals surface area contributed by atoms with Crippen LogP contribution in [-0.4, -0.2) is 49.1 Å². The number of ether oxygens (including phenoxy) is 3. The number of benzene rings is 2. The number of amides is 2. The van der Waals surface area contributed by atoms with Gasteiger partial charge in [0.25, 0.3) is 5.91 Å². The van der Waals surface area contributed by atoms with E-state index in [1.165, 1.54) is 0 Å². The lowest BCUT2D eigenvalue weighted by Gasteiger charge is -2.33. The van der Waals surface area contributed by atoms with Crippen LogP contribution in [0.3, 0.4) is 0 Å². The van der Waals surface area contributed by atoms with Crippen LogP contribution in [0.2, 0.25) is 0 Å². The fourth-order valence-electron chi connectivity index (χ4n) is 3.26. The third kappa shape index (κ3) is 7.18. The molecule has 0 fully saturated rings. The van der Waals surface area contributed by atoms with Gasteiger partial charge in [-0.05, 0) is 57.0 Å². The van der Waals surface area contributed by atoms with Gasteiger partial charge in [0.15, 0.2) is 18.1 Å². The first-order valence-electron chi connectivity index (χ1n) is 10.7. The Balaban J connectivity index is 2.26. The van der Waals surface area contributed by atoms with Gasteiger partial charge in [0.1, 0.15) is 11.8 Å². The fourth-order valence-corrected chi connectivity index (χ4v) is 3.26. The summed E-state index contributed by atoms with van der Waals surface area (Å²) in [6.07, 6.45) is 0.471. The molecule has 0 radical (unpaired) electrons. The van der Waals surface area contributed by atoms with Crippen molar-refractivity contribution in [3.05, 3.63) is 54.1 Å². The summed E-state index contributed by atoms with van der Waals surface area (Å²) in [5.41, 5.74) is 0.478. The molecule has 7 nitrogen and oxygen atoms in total. The Hall–Kier alpha value is -3.22. The largest absolute Gasteiger partial charge is 0.497 e. The zero-order valence-corrected chi connectivity index (χ0v) is 19.8. The predicted molar refractivity (Wildman–Crippen MR) is 124 cm³/mol. The minimum Gasteiger partial charge on any atom is -0.497 e. The van der Waals surface area contributed by atoms with E-state index in [4.69, 9.17) is 14.2 Å². The van der Waals surface area contributed by atoms with Gasteiger partial charge in [0.2, 0.25) is 5.91 Å². The Bertz CT molecular complexity index is 890. The normalized spacial score (nSPS) is 11.9. The lowest BCUT2D eigenvalue weighted by Crippen LogP contribution is -2.54. The highest BCUT2D eigenvalue weighted by Gasteiger charge is 2.31. The Morgan fingerprint density at radius 3 is 2.12 bits per heavy atom. The van der Waals surface area contributed by atoms with Crippen LogP contribution in [0.4, 0.5) is 0 Å². The van der Waals surface area contributed by atoms with E-state index in [0.717, 1.165) is 11.3 Å². The summed E-state index contributed by atoms with van der Waals surface area (Å²) in [6.45, 7) is 7.69. The number of hydrogen-bond donors (Lipinski definition) is 1. The third-order valence-corrected chi connectivity index (χ3v) is 4.82. The molecule has 0 saturated carbocycles. The van der Waals surface area contributed by atoms with Crippen molar-refractivity contribution >= 4 is 11.8 Å². The van der Waals surface area contributed by atoms with Gasteiger partial charge in [-0.2, -0.15) is 0 Å². The molecule has 2 aromatic carbocycles. The Morgan fingerprint density at radius 1 is 0.969 bits per heavy atom. The van der Waals surface area contributed by atoms with E-state index in [0.29, 0.717) is 17.9 Å². The molecule has 0 saturated heterocycles. The molecule has 0 aliphatic carbocycles. The highest BCUT2D eigenvalue weighted by molar-refractivity contribution is 5.88. The van der Waals surface area contributed by atoms with Gasteiger partial charge in [-0.15, -0.1) is 0 Å². The van der Waals surface area contributed by atoms with E-state index in [1.54, 1.807) is 31.3 Å². The van der Waals surface area contributed by atoms with Gasteiger partial charge in [-0.25, -0.2) is 0 Å². The van der Waals surface area contributed by atoms with Crippen molar-refractivity contribution in [3.63, 3.8) is 0 Å². The first-order valence-corrected chi connectivity index (χ1v) is 10.7. The monoisotopic (exact) mass is 442 g/mol. The van der Waals surface area contributed by atoms with Crippen LogP contribution in [0.1, 0.15) is 39.7 Å². The minimum absolute atomic E-state index is 0.195. The molecule has 2 aromatic rings. The molecule has 0 heterocycles. The van der Waals surface area contributed by atoms with Crippen LogP contribution in [0, 0.1) is 0 Å². The van der Waals surface area contributed by atoms with Crippen molar-refractivity contribution in [2.24, 2.45) is 0 Å².